The molecule has 19 heavy (non-hydrogen) atoms. The van der Waals surface area contributed by atoms with Crippen molar-refractivity contribution in [3.05, 3.63) is 42.4 Å². The summed E-state index contributed by atoms with van der Waals surface area (Å²) >= 11 is 0. The molecule has 0 amide bonds. The SMILES string of the molecule is CCNc1ccnc(-c2cnccc2C(F)(F)F)c1. The third-order valence-corrected chi connectivity index (χ3v) is 2.54. The minimum Gasteiger partial charge on any atom is -0.385 e. The maximum absolute atomic E-state index is 12.9. The smallest absolute Gasteiger partial charge is 0.385 e. The molecule has 6 heteroatoms. The van der Waals surface area contributed by atoms with Gasteiger partial charge in [-0.3, -0.25) is 9.97 Å². The molecule has 0 saturated heterocycles. The number of nitrogens with one attached hydrogen (secondary N) is 1. The van der Waals surface area contributed by atoms with E-state index in [9.17, 15) is 13.2 Å². The summed E-state index contributed by atoms with van der Waals surface area (Å²) in [5.74, 6) is 0. The lowest BCUT2D eigenvalue weighted by Crippen LogP contribution is -2.08. The van der Waals surface area contributed by atoms with Gasteiger partial charge >= 0.3 is 6.18 Å². The van der Waals surface area contributed by atoms with E-state index >= 15 is 0 Å². The largest absolute Gasteiger partial charge is 0.417 e. The molecule has 1 N–H and O–H groups in total. The highest BCUT2D eigenvalue weighted by Gasteiger charge is 2.33. The van der Waals surface area contributed by atoms with Crippen molar-refractivity contribution in [2.75, 3.05) is 11.9 Å². The highest BCUT2D eigenvalue weighted by atomic mass is 19.4. The maximum Gasteiger partial charge on any atom is 0.417 e. The van der Waals surface area contributed by atoms with Crippen molar-refractivity contribution in [2.24, 2.45) is 0 Å². The zero-order chi connectivity index (χ0) is 13.9. The van der Waals surface area contributed by atoms with Gasteiger partial charge in [0.25, 0.3) is 0 Å². The number of hydrogen-bond acceptors (Lipinski definition) is 3. The molecule has 0 unspecified atom stereocenters. The summed E-state index contributed by atoms with van der Waals surface area (Å²) in [7, 11) is 0. The van der Waals surface area contributed by atoms with E-state index in [1.165, 1.54) is 12.4 Å². The molecule has 0 aliphatic rings. The Morgan fingerprint density at radius 3 is 2.68 bits per heavy atom. The quantitative estimate of drug-likeness (QED) is 0.923. The van der Waals surface area contributed by atoms with Crippen molar-refractivity contribution in [2.45, 2.75) is 13.1 Å². The van der Waals surface area contributed by atoms with Gasteiger partial charge in [-0.2, -0.15) is 13.2 Å². The number of hydrogen-bond donors (Lipinski definition) is 1. The van der Waals surface area contributed by atoms with Gasteiger partial charge in [-0.1, -0.05) is 0 Å². The Kier molecular flexibility index (Phi) is 3.69. The fourth-order valence-corrected chi connectivity index (χ4v) is 1.74. The van der Waals surface area contributed by atoms with Gasteiger partial charge in [0.2, 0.25) is 0 Å². The Morgan fingerprint density at radius 2 is 2.00 bits per heavy atom. The molecule has 100 valence electrons. The number of rotatable bonds is 3. The molecule has 0 aliphatic carbocycles. The molecule has 0 spiro atoms. The van der Waals surface area contributed by atoms with Gasteiger partial charge in [0.05, 0.1) is 11.3 Å². The maximum atomic E-state index is 12.9. The first-order valence-corrected chi connectivity index (χ1v) is 5.74. The summed E-state index contributed by atoms with van der Waals surface area (Å²) in [4.78, 5) is 7.74. The van der Waals surface area contributed by atoms with Gasteiger partial charge in [0.15, 0.2) is 0 Å². The minimum absolute atomic E-state index is 0.0187. The Labute approximate surface area is 108 Å². The first-order valence-electron chi connectivity index (χ1n) is 5.74. The van der Waals surface area contributed by atoms with Crippen LogP contribution < -0.4 is 5.32 Å². The topological polar surface area (TPSA) is 37.8 Å². The number of nitrogens with zero attached hydrogens (tertiary/aromatic N) is 2. The summed E-state index contributed by atoms with van der Waals surface area (Å²) in [6, 6.07) is 4.24. The summed E-state index contributed by atoms with van der Waals surface area (Å²) in [5.41, 5.74) is 0.224. The number of pyridine rings is 2. The van der Waals surface area contributed by atoms with Crippen LogP contribution in [0.15, 0.2) is 36.8 Å². The van der Waals surface area contributed by atoms with Crippen LogP contribution in [0.4, 0.5) is 18.9 Å². The summed E-state index contributed by atoms with van der Waals surface area (Å²) in [5, 5.41) is 3.03. The Balaban J connectivity index is 2.50. The van der Waals surface area contributed by atoms with Crippen molar-refractivity contribution in [3.63, 3.8) is 0 Å². The van der Waals surface area contributed by atoms with Gasteiger partial charge < -0.3 is 5.32 Å². The van der Waals surface area contributed by atoms with Crippen LogP contribution in [-0.2, 0) is 6.18 Å². The van der Waals surface area contributed by atoms with Crippen LogP contribution in [0.25, 0.3) is 11.3 Å². The molecule has 2 rings (SSSR count). The molecule has 2 aromatic rings. The second-order valence-electron chi connectivity index (χ2n) is 3.88. The zero-order valence-corrected chi connectivity index (χ0v) is 10.2. The van der Waals surface area contributed by atoms with Crippen molar-refractivity contribution >= 4 is 5.69 Å². The first kappa shape index (κ1) is 13.3. The molecule has 0 fully saturated rings. The Morgan fingerprint density at radius 1 is 1.21 bits per heavy atom. The van der Waals surface area contributed by atoms with Crippen molar-refractivity contribution in [3.8, 4) is 11.3 Å². The van der Waals surface area contributed by atoms with Crippen LogP contribution >= 0.6 is 0 Å². The predicted octanol–water partition coefficient (Wildman–Crippen LogP) is 3.59. The molecule has 3 nitrogen and oxygen atoms in total. The van der Waals surface area contributed by atoms with E-state index in [2.05, 4.69) is 15.3 Å². The van der Waals surface area contributed by atoms with Gasteiger partial charge in [0.1, 0.15) is 0 Å². The summed E-state index contributed by atoms with van der Waals surface area (Å²) in [6.45, 7) is 2.59. The molecule has 2 heterocycles. The van der Waals surface area contributed by atoms with Crippen LogP contribution in [0.3, 0.4) is 0 Å². The van der Waals surface area contributed by atoms with Gasteiger partial charge in [-0.15, -0.1) is 0 Å². The van der Waals surface area contributed by atoms with Gasteiger partial charge in [-0.25, -0.2) is 0 Å². The van der Waals surface area contributed by atoms with Crippen molar-refractivity contribution in [1.82, 2.24) is 9.97 Å². The van der Waals surface area contributed by atoms with E-state index in [1.807, 2.05) is 6.92 Å². The van der Waals surface area contributed by atoms with E-state index < -0.39 is 11.7 Å². The highest BCUT2D eigenvalue weighted by Crippen LogP contribution is 2.36. The lowest BCUT2D eigenvalue weighted by molar-refractivity contribution is -0.137. The van der Waals surface area contributed by atoms with Crippen LogP contribution in [-0.4, -0.2) is 16.5 Å². The average molecular weight is 267 g/mol. The second-order valence-corrected chi connectivity index (χ2v) is 3.88. The second kappa shape index (κ2) is 5.26. The molecule has 0 radical (unpaired) electrons. The molecular weight excluding hydrogens is 255 g/mol. The summed E-state index contributed by atoms with van der Waals surface area (Å²) in [6.07, 6.45) is -0.643. The van der Waals surface area contributed by atoms with Crippen molar-refractivity contribution in [1.29, 1.82) is 0 Å². The molecule has 0 bridgehead atoms. The normalized spacial score (nSPS) is 11.4. The van der Waals surface area contributed by atoms with E-state index in [4.69, 9.17) is 0 Å². The number of halogens is 3. The van der Waals surface area contributed by atoms with E-state index in [0.717, 1.165) is 18.0 Å². The van der Waals surface area contributed by atoms with Crippen molar-refractivity contribution < 1.29 is 13.2 Å². The van der Waals surface area contributed by atoms with Crippen LogP contribution in [0, 0.1) is 0 Å². The van der Waals surface area contributed by atoms with Gasteiger partial charge in [-0.05, 0) is 25.1 Å². The lowest BCUT2D eigenvalue weighted by atomic mass is 10.1. The van der Waals surface area contributed by atoms with Crippen LogP contribution in [0.2, 0.25) is 0 Å². The lowest BCUT2D eigenvalue weighted by Gasteiger charge is -2.12. The molecule has 0 aliphatic heterocycles. The van der Waals surface area contributed by atoms with E-state index in [0.29, 0.717) is 6.54 Å². The third kappa shape index (κ3) is 3.01. The fraction of sp³-hybridized carbons (Fsp3) is 0.231. The molecule has 0 aromatic carbocycles. The average Bonchev–Trinajstić information content (AvgIpc) is 2.38. The number of aromatic nitrogens is 2. The molecular formula is C13H12F3N3. The standard InChI is InChI=1S/C13H12F3N3/c1-2-18-9-3-6-19-12(7-9)10-8-17-5-4-11(10)13(14,15)16/h3-8H,2H2,1H3,(H,18,19). The first-order chi connectivity index (χ1) is 9.02. The monoisotopic (exact) mass is 267 g/mol. The number of anilines is 1. The molecule has 0 saturated carbocycles. The van der Waals surface area contributed by atoms with E-state index in [1.54, 1.807) is 12.1 Å². The molecule has 0 atom stereocenters. The Hall–Kier alpha value is -2.11. The molecule has 2 aromatic heterocycles. The fourth-order valence-electron chi connectivity index (χ4n) is 1.74. The summed E-state index contributed by atoms with van der Waals surface area (Å²) < 4.78 is 38.7. The zero-order valence-electron chi connectivity index (χ0n) is 10.2. The van der Waals surface area contributed by atoms with E-state index in [-0.39, 0.29) is 11.3 Å². The predicted molar refractivity (Wildman–Crippen MR) is 66.6 cm³/mol. The highest BCUT2D eigenvalue weighted by molar-refractivity contribution is 5.67. The van der Waals surface area contributed by atoms with Crippen LogP contribution in [0.5, 0.6) is 0 Å². The van der Waals surface area contributed by atoms with Crippen LogP contribution in [0.1, 0.15) is 12.5 Å². The van der Waals surface area contributed by atoms with Gasteiger partial charge in [0, 0.05) is 36.4 Å². The Bertz CT molecular complexity index is 567. The number of alkyl halides is 3. The minimum atomic E-state index is -4.42. The third-order valence-electron chi connectivity index (χ3n) is 2.54.